The van der Waals surface area contributed by atoms with Gasteiger partial charge in [0.05, 0.1) is 17.7 Å². The summed E-state index contributed by atoms with van der Waals surface area (Å²) < 4.78 is 4.51. The Morgan fingerprint density at radius 1 is 1.54 bits per heavy atom. The number of rotatable bonds is 2. The summed E-state index contributed by atoms with van der Waals surface area (Å²) in [5.74, 6) is -0.550. The van der Waals surface area contributed by atoms with E-state index in [1.165, 1.54) is 25.4 Å². The molecular formula is C8H9NO3S. The summed E-state index contributed by atoms with van der Waals surface area (Å²) in [6, 6.07) is 1.58. The van der Waals surface area contributed by atoms with E-state index < -0.39 is 5.97 Å². The van der Waals surface area contributed by atoms with Crippen molar-refractivity contribution < 1.29 is 14.3 Å². The highest BCUT2D eigenvalue weighted by Crippen LogP contribution is 2.20. The predicted octanol–water partition coefficient (Wildman–Crippen LogP) is 1.49. The maximum absolute atomic E-state index is 11.0. The summed E-state index contributed by atoms with van der Waals surface area (Å²) in [5.41, 5.74) is 0.455. The lowest BCUT2D eigenvalue weighted by Crippen LogP contribution is -2.04. The number of methoxy groups -OCH3 is 1. The van der Waals surface area contributed by atoms with Crippen molar-refractivity contribution in [2.75, 3.05) is 12.4 Å². The van der Waals surface area contributed by atoms with Crippen LogP contribution in [-0.2, 0) is 9.53 Å². The summed E-state index contributed by atoms with van der Waals surface area (Å²) in [6.45, 7) is 1.41. The van der Waals surface area contributed by atoms with Crippen molar-refractivity contribution in [2.45, 2.75) is 6.92 Å². The van der Waals surface area contributed by atoms with Crippen LogP contribution in [0.3, 0.4) is 0 Å². The molecule has 4 nitrogen and oxygen atoms in total. The van der Waals surface area contributed by atoms with Gasteiger partial charge in [-0.1, -0.05) is 0 Å². The van der Waals surface area contributed by atoms with E-state index in [1.54, 1.807) is 11.4 Å². The largest absolute Gasteiger partial charge is 0.465 e. The predicted molar refractivity (Wildman–Crippen MR) is 50.0 cm³/mol. The van der Waals surface area contributed by atoms with Crippen LogP contribution in [0.4, 0.5) is 5.00 Å². The van der Waals surface area contributed by atoms with Crippen LogP contribution in [0.2, 0.25) is 0 Å². The normalized spacial score (nSPS) is 9.38. The first kappa shape index (κ1) is 9.73. The van der Waals surface area contributed by atoms with Gasteiger partial charge in [0.15, 0.2) is 0 Å². The molecule has 0 aliphatic carbocycles. The molecule has 5 heteroatoms. The molecule has 0 saturated carbocycles. The van der Waals surface area contributed by atoms with Crippen LogP contribution in [0.15, 0.2) is 11.4 Å². The molecule has 1 N–H and O–H groups in total. The van der Waals surface area contributed by atoms with E-state index in [4.69, 9.17) is 0 Å². The van der Waals surface area contributed by atoms with Gasteiger partial charge in [0.2, 0.25) is 5.91 Å². The Balaban J connectivity index is 2.74. The number of esters is 1. The van der Waals surface area contributed by atoms with E-state index in [0.717, 1.165) is 0 Å². The molecule has 1 rings (SSSR count). The van der Waals surface area contributed by atoms with Crippen LogP contribution >= 0.6 is 11.3 Å². The molecule has 0 saturated heterocycles. The number of nitrogens with one attached hydrogen (secondary N) is 1. The minimum atomic E-state index is -0.396. The molecule has 0 aliphatic heterocycles. The summed E-state index contributed by atoms with van der Waals surface area (Å²) in [4.78, 5) is 21.6. The lowest BCUT2D eigenvalue weighted by molar-refractivity contribution is -0.114. The summed E-state index contributed by atoms with van der Waals surface area (Å²) in [5, 5.41) is 4.86. The minimum absolute atomic E-state index is 0.154. The molecule has 0 aromatic carbocycles. The van der Waals surface area contributed by atoms with E-state index in [-0.39, 0.29) is 5.91 Å². The number of hydrogen-bond donors (Lipinski definition) is 1. The molecule has 70 valence electrons. The van der Waals surface area contributed by atoms with Crippen molar-refractivity contribution in [1.82, 2.24) is 0 Å². The Bertz CT molecular complexity index is 332. The van der Waals surface area contributed by atoms with Crippen LogP contribution in [0.5, 0.6) is 0 Å². The van der Waals surface area contributed by atoms with Crippen LogP contribution < -0.4 is 5.32 Å². The molecule has 0 atom stereocenters. The summed E-state index contributed by atoms with van der Waals surface area (Å²) in [7, 11) is 1.32. The summed E-state index contributed by atoms with van der Waals surface area (Å²) >= 11 is 1.29. The van der Waals surface area contributed by atoms with Gasteiger partial charge in [-0.15, -0.1) is 11.3 Å². The number of anilines is 1. The third-order valence-corrected chi connectivity index (χ3v) is 2.17. The fourth-order valence-electron chi connectivity index (χ4n) is 0.800. The van der Waals surface area contributed by atoms with Crippen LogP contribution in [0.1, 0.15) is 17.3 Å². The third kappa shape index (κ3) is 2.55. The lowest BCUT2D eigenvalue weighted by Gasteiger charge is -1.94. The van der Waals surface area contributed by atoms with Crippen molar-refractivity contribution >= 4 is 28.2 Å². The zero-order valence-electron chi connectivity index (χ0n) is 7.29. The van der Waals surface area contributed by atoms with Gasteiger partial charge in [-0.05, 0) is 6.07 Å². The zero-order chi connectivity index (χ0) is 9.84. The van der Waals surface area contributed by atoms with Gasteiger partial charge >= 0.3 is 5.97 Å². The number of ether oxygens (including phenoxy) is 1. The third-order valence-electron chi connectivity index (χ3n) is 1.32. The Labute approximate surface area is 79.5 Å². The quantitative estimate of drug-likeness (QED) is 0.734. The van der Waals surface area contributed by atoms with Crippen molar-refractivity contribution in [2.24, 2.45) is 0 Å². The standard InChI is InChI=1S/C8H9NO3S/c1-5(10)9-7-3-6(4-13-7)8(11)12-2/h3-4H,1-2H3,(H,9,10). The molecule has 0 aliphatic rings. The highest BCUT2D eigenvalue weighted by atomic mass is 32.1. The smallest absolute Gasteiger partial charge is 0.338 e. The monoisotopic (exact) mass is 199 g/mol. The molecule has 1 aromatic rings. The second kappa shape index (κ2) is 4.04. The van der Waals surface area contributed by atoms with Crippen molar-refractivity contribution in [1.29, 1.82) is 0 Å². The zero-order valence-corrected chi connectivity index (χ0v) is 8.10. The lowest BCUT2D eigenvalue weighted by atomic mass is 10.3. The minimum Gasteiger partial charge on any atom is -0.465 e. The fourth-order valence-corrected chi connectivity index (χ4v) is 1.62. The van der Waals surface area contributed by atoms with Gasteiger partial charge in [0.25, 0.3) is 0 Å². The second-order valence-electron chi connectivity index (χ2n) is 2.37. The molecule has 1 aromatic heterocycles. The van der Waals surface area contributed by atoms with Gasteiger partial charge in [-0.2, -0.15) is 0 Å². The first-order valence-corrected chi connectivity index (χ1v) is 4.46. The van der Waals surface area contributed by atoms with Crippen molar-refractivity contribution in [3.63, 3.8) is 0 Å². The van der Waals surface area contributed by atoms with E-state index in [2.05, 4.69) is 10.1 Å². The Morgan fingerprint density at radius 2 is 2.23 bits per heavy atom. The molecule has 0 bridgehead atoms. The summed E-state index contributed by atoms with van der Waals surface area (Å²) in [6.07, 6.45) is 0. The van der Waals surface area contributed by atoms with E-state index in [0.29, 0.717) is 10.6 Å². The Morgan fingerprint density at radius 3 is 2.77 bits per heavy atom. The fraction of sp³-hybridized carbons (Fsp3) is 0.250. The van der Waals surface area contributed by atoms with Gasteiger partial charge < -0.3 is 10.1 Å². The van der Waals surface area contributed by atoms with Gasteiger partial charge in [-0.25, -0.2) is 4.79 Å². The van der Waals surface area contributed by atoms with E-state index in [9.17, 15) is 9.59 Å². The van der Waals surface area contributed by atoms with Crippen LogP contribution in [0, 0.1) is 0 Å². The number of hydrogen-bond acceptors (Lipinski definition) is 4. The van der Waals surface area contributed by atoms with Crippen LogP contribution in [0.25, 0.3) is 0 Å². The van der Waals surface area contributed by atoms with Gasteiger partial charge in [0, 0.05) is 12.3 Å². The number of carbonyl (C=O) groups excluding carboxylic acids is 2. The van der Waals surface area contributed by atoms with E-state index in [1.807, 2.05) is 0 Å². The molecule has 0 radical (unpaired) electrons. The first-order valence-electron chi connectivity index (χ1n) is 3.58. The molecule has 0 fully saturated rings. The molecule has 0 unspecified atom stereocenters. The molecule has 0 spiro atoms. The van der Waals surface area contributed by atoms with Crippen molar-refractivity contribution in [3.05, 3.63) is 17.0 Å². The topological polar surface area (TPSA) is 55.4 Å². The molecule has 1 heterocycles. The highest BCUT2D eigenvalue weighted by molar-refractivity contribution is 7.14. The van der Waals surface area contributed by atoms with Gasteiger partial charge in [0.1, 0.15) is 0 Å². The average molecular weight is 199 g/mol. The SMILES string of the molecule is COC(=O)c1csc(NC(C)=O)c1. The average Bonchev–Trinajstić information content (AvgIpc) is 2.50. The number of carbonyl (C=O) groups is 2. The maximum Gasteiger partial charge on any atom is 0.338 e. The van der Waals surface area contributed by atoms with Crippen molar-refractivity contribution in [3.8, 4) is 0 Å². The Hall–Kier alpha value is -1.36. The molecular weight excluding hydrogens is 190 g/mol. The van der Waals surface area contributed by atoms with E-state index >= 15 is 0 Å². The first-order chi connectivity index (χ1) is 6.13. The number of thiophene rings is 1. The number of amides is 1. The van der Waals surface area contributed by atoms with Crippen LogP contribution in [-0.4, -0.2) is 19.0 Å². The highest BCUT2D eigenvalue weighted by Gasteiger charge is 2.08. The molecule has 13 heavy (non-hydrogen) atoms. The molecule has 1 amide bonds. The Kier molecular flexibility index (Phi) is 3.02. The van der Waals surface area contributed by atoms with Gasteiger partial charge in [-0.3, -0.25) is 4.79 Å². The maximum atomic E-state index is 11.0. The second-order valence-corrected chi connectivity index (χ2v) is 3.28.